The molecule has 2 rings (SSSR count). The molecule has 1 heterocycles. The van der Waals surface area contributed by atoms with Gasteiger partial charge in [0.2, 0.25) is 0 Å². The molecule has 0 unspecified atom stereocenters. The Bertz CT molecular complexity index is 705. The molecule has 2 N–H and O–H groups in total. The molecule has 0 spiro atoms. The van der Waals surface area contributed by atoms with Crippen molar-refractivity contribution in [2.75, 3.05) is 11.9 Å². The number of anilines is 1. The SMILES string of the molecule is CC(C)(C)OC(=O)CNc1ccc(C(=O)N[C@H]2CCC(=O)OC2=O)cc1. The lowest BCUT2D eigenvalue weighted by Gasteiger charge is -2.20. The van der Waals surface area contributed by atoms with Crippen molar-refractivity contribution in [2.24, 2.45) is 0 Å². The summed E-state index contributed by atoms with van der Waals surface area (Å²) in [6.07, 6.45) is 0.309. The van der Waals surface area contributed by atoms with Crippen LogP contribution in [-0.4, -0.2) is 42.0 Å². The van der Waals surface area contributed by atoms with Crippen molar-refractivity contribution in [3.8, 4) is 0 Å². The fraction of sp³-hybridized carbons (Fsp3) is 0.444. The summed E-state index contributed by atoms with van der Waals surface area (Å²) in [5.74, 6) is -2.16. The molecule has 0 radical (unpaired) electrons. The average molecular weight is 362 g/mol. The van der Waals surface area contributed by atoms with Gasteiger partial charge in [0, 0.05) is 17.7 Å². The van der Waals surface area contributed by atoms with Gasteiger partial charge in [-0.1, -0.05) is 0 Å². The number of rotatable bonds is 5. The number of esters is 3. The number of ether oxygens (including phenoxy) is 2. The maximum atomic E-state index is 12.2. The predicted octanol–water partition coefficient (Wildman–Crippen LogP) is 1.40. The summed E-state index contributed by atoms with van der Waals surface area (Å²) in [7, 11) is 0. The largest absolute Gasteiger partial charge is 0.459 e. The Kier molecular flexibility index (Phi) is 5.97. The van der Waals surface area contributed by atoms with Gasteiger partial charge in [0.15, 0.2) is 0 Å². The fourth-order valence-corrected chi connectivity index (χ4v) is 2.28. The Morgan fingerprint density at radius 2 is 1.85 bits per heavy atom. The smallest absolute Gasteiger partial charge is 0.336 e. The van der Waals surface area contributed by atoms with E-state index in [2.05, 4.69) is 15.4 Å². The minimum atomic E-state index is -0.829. The maximum absolute atomic E-state index is 12.2. The van der Waals surface area contributed by atoms with Gasteiger partial charge in [-0.25, -0.2) is 4.79 Å². The Balaban J connectivity index is 1.86. The molecular weight excluding hydrogens is 340 g/mol. The second-order valence-electron chi connectivity index (χ2n) is 6.88. The minimum absolute atomic E-state index is 0.00472. The molecule has 0 saturated carbocycles. The summed E-state index contributed by atoms with van der Waals surface area (Å²) in [6, 6.07) is 5.58. The first-order chi connectivity index (χ1) is 12.1. The van der Waals surface area contributed by atoms with E-state index < -0.39 is 29.5 Å². The van der Waals surface area contributed by atoms with Crippen molar-refractivity contribution in [1.29, 1.82) is 0 Å². The monoisotopic (exact) mass is 362 g/mol. The molecule has 1 aromatic rings. The molecule has 8 heteroatoms. The summed E-state index contributed by atoms with van der Waals surface area (Å²) >= 11 is 0. The van der Waals surface area contributed by atoms with Crippen LogP contribution in [0.3, 0.4) is 0 Å². The third-order valence-corrected chi connectivity index (χ3v) is 3.45. The van der Waals surface area contributed by atoms with E-state index in [0.29, 0.717) is 11.3 Å². The van der Waals surface area contributed by atoms with Crippen molar-refractivity contribution in [3.63, 3.8) is 0 Å². The van der Waals surface area contributed by atoms with Crippen LogP contribution >= 0.6 is 0 Å². The summed E-state index contributed by atoms with van der Waals surface area (Å²) in [5, 5.41) is 5.45. The van der Waals surface area contributed by atoms with E-state index in [0.717, 1.165) is 0 Å². The lowest BCUT2D eigenvalue weighted by molar-refractivity contribution is -0.165. The van der Waals surface area contributed by atoms with Crippen LogP contribution in [0.15, 0.2) is 24.3 Å². The highest BCUT2D eigenvalue weighted by Gasteiger charge is 2.30. The van der Waals surface area contributed by atoms with Crippen LogP contribution in [0.4, 0.5) is 5.69 Å². The molecule has 1 aromatic carbocycles. The highest BCUT2D eigenvalue weighted by Crippen LogP contribution is 2.13. The highest BCUT2D eigenvalue weighted by molar-refractivity contribution is 5.99. The lowest BCUT2D eigenvalue weighted by Crippen LogP contribution is -2.45. The van der Waals surface area contributed by atoms with Gasteiger partial charge in [0.25, 0.3) is 5.91 Å². The molecule has 0 aromatic heterocycles. The van der Waals surface area contributed by atoms with Gasteiger partial charge < -0.3 is 20.1 Å². The highest BCUT2D eigenvalue weighted by atomic mass is 16.6. The summed E-state index contributed by atoms with van der Waals surface area (Å²) in [5.41, 5.74) is 0.443. The molecule has 1 amide bonds. The molecule has 1 aliphatic rings. The number of amides is 1. The Morgan fingerprint density at radius 1 is 1.19 bits per heavy atom. The zero-order valence-corrected chi connectivity index (χ0v) is 15.0. The Hall–Kier alpha value is -2.90. The van der Waals surface area contributed by atoms with Crippen molar-refractivity contribution >= 4 is 29.5 Å². The molecule has 0 bridgehead atoms. The minimum Gasteiger partial charge on any atom is -0.459 e. The zero-order chi connectivity index (χ0) is 19.3. The normalized spacial score (nSPS) is 17.3. The van der Waals surface area contributed by atoms with E-state index >= 15 is 0 Å². The molecule has 1 fully saturated rings. The molecule has 8 nitrogen and oxygen atoms in total. The number of benzene rings is 1. The fourth-order valence-electron chi connectivity index (χ4n) is 2.28. The number of hydrogen-bond acceptors (Lipinski definition) is 7. The van der Waals surface area contributed by atoms with Crippen LogP contribution in [0.1, 0.15) is 44.0 Å². The molecule has 0 aliphatic carbocycles. The van der Waals surface area contributed by atoms with Crippen LogP contribution in [0.25, 0.3) is 0 Å². The van der Waals surface area contributed by atoms with E-state index in [1.54, 1.807) is 45.0 Å². The number of carbonyl (C=O) groups is 4. The van der Waals surface area contributed by atoms with Gasteiger partial charge in [-0.15, -0.1) is 0 Å². The first kappa shape index (κ1) is 19.4. The van der Waals surface area contributed by atoms with Gasteiger partial charge in [-0.2, -0.15) is 0 Å². The molecule has 140 valence electrons. The Morgan fingerprint density at radius 3 is 2.42 bits per heavy atom. The summed E-state index contributed by atoms with van der Waals surface area (Å²) in [6.45, 7) is 5.37. The second-order valence-corrected chi connectivity index (χ2v) is 6.88. The van der Waals surface area contributed by atoms with E-state index in [-0.39, 0.29) is 25.4 Å². The van der Waals surface area contributed by atoms with E-state index in [4.69, 9.17) is 4.74 Å². The van der Waals surface area contributed by atoms with Gasteiger partial charge in [0.05, 0.1) is 0 Å². The third kappa shape index (κ3) is 5.87. The van der Waals surface area contributed by atoms with Crippen LogP contribution in [-0.2, 0) is 23.9 Å². The standard InChI is InChI=1S/C18H22N2O6/c1-18(2,3)26-15(22)10-19-12-6-4-11(5-7-12)16(23)20-13-8-9-14(21)25-17(13)24/h4-7,13,19H,8-10H2,1-3H3,(H,20,23)/t13-/m0/s1. The molecular formula is C18H22N2O6. The number of cyclic esters (lactones) is 2. The summed E-state index contributed by atoms with van der Waals surface area (Å²) < 4.78 is 9.69. The maximum Gasteiger partial charge on any atom is 0.336 e. The third-order valence-electron chi connectivity index (χ3n) is 3.45. The molecule has 1 saturated heterocycles. The first-order valence-corrected chi connectivity index (χ1v) is 8.25. The van der Waals surface area contributed by atoms with Crippen LogP contribution < -0.4 is 10.6 Å². The average Bonchev–Trinajstić information content (AvgIpc) is 2.54. The van der Waals surface area contributed by atoms with Crippen molar-refractivity contribution < 1.29 is 28.7 Å². The molecule has 1 aliphatic heterocycles. The predicted molar refractivity (Wildman–Crippen MR) is 92.4 cm³/mol. The van der Waals surface area contributed by atoms with E-state index in [9.17, 15) is 19.2 Å². The van der Waals surface area contributed by atoms with Gasteiger partial charge >= 0.3 is 17.9 Å². The zero-order valence-electron chi connectivity index (χ0n) is 15.0. The first-order valence-electron chi connectivity index (χ1n) is 8.25. The van der Waals surface area contributed by atoms with Crippen molar-refractivity contribution in [3.05, 3.63) is 29.8 Å². The van der Waals surface area contributed by atoms with Crippen molar-refractivity contribution in [2.45, 2.75) is 45.3 Å². The number of hydrogen-bond donors (Lipinski definition) is 2. The second kappa shape index (κ2) is 7.99. The Labute approximate surface area is 151 Å². The molecule has 1 atom stereocenters. The van der Waals surface area contributed by atoms with Crippen molar-refractivity contribution in [1.82, 2.24) is 5.32 Å². The quantitative estimate of drug-likeness (QED) is 0.602. The molecule has 26 heavy (non-hydrogen) atoms. The van der Waals surface area contributed by atoms with Gasteiger partial charge in [0.1, 0.15) is 18.2 Å². The van der Waals surface area contributed by atoms with E-state index in [1.165, 1.54) is 0 Å². The lowest BCUT2D eigenvalue weighted by atomic mass is 10.1. The van der Waals surface area contributed by atoms with Crippen LogP contribution in [0, 0.1) is 0 Å². The van der Waals surface area contributed by atoms with Gasteiger partial charge in [-0.3, -0.25) is 14.4 Å². The summed E-state index contributed by atoms with van der Waals surface area (Å²) in [4.78, 5) is 46.4. The number of carbonyl (C=O) groups excluding carboxylic acids is 4. The number of nitrogens with one attached hydrogen (secondary N) is 2. The van der Waals surface area contributed by atoms with E-state index in [1.807, 2.05) is 0 Å². The van der Waals surface area contributed by atoms with Crippen LogP contribution in [0.5, 0.6) is 0 Å². The topological polar surface area (TPSA) is 111 Å². The van der Waals surface area contributed by atoms with Crippen LogP contribution in [0.2, 0.25) is 0 Å². The van der Waals surface area contributed by atoms with Gasteiger partial charge in [-0.05, 0) is 51.5 Å².